The Bertz CT molecular complexity index is 1660. The molecule has 1 aliphatic rings. The van der Waals surface area contributed by atoms with Crippen molar-refractivity contribution in [2.45, 2.75) is 6.61 Å². The maximum absolute atomic E-state index is 13.6. The molecule has 1 heterocycles. The number of halogens is 2. The number of hydrogen-bond donors (Lipinski definition) is 0. The molecule has 0 radical (unpaired) electrons. The summed E-state index contributed by atoms with van der Waals surface area (Å²) in [7, 11) is 1.53. The summed E-state index contributed by atoms with van der Waals surface area (Å²) in [6.45, 7) is 0.198. The molecule has 0 unspecified atom stereocenters. The summed E-state index contributed by atoms with van der Waals surface area (Å²) in [4.78, 5) is 30.7. The Balaban J connectivity index is 1.40. The number of thioether (sulfide) groups is 1. The van der Waals surface area contributed by atoms with Crippen LogP contribution >= 0.6 is 35.0 Å². The summed E-state index contributed by atoms with van der Waals surface area (Å²) in [5.74, 6) is 0.731. The van der Waals surface area contributed by atoms with Crippen LogP contribution in [-0.2, 0) is 11.4 Å². The van der Waals surface area contributed by atoms with E-state index in [0.717, 1.165) is 11.1 Å². The molecule has 0 atom stereocenters. The molecule has 1 saturated heterocycles. The van der Waals surface area contributed by atoms with Crippen molar-refractivity contribution in [2.75, 3.05) is 12.0 Å². The number of ether oxygens (including phenoxy) is 2. The van der Waals surface area contributed by atoms with Gasteiger partial charge in [0, 0.05) is 22.2 Å². The smallest absolute Gasteiger partial charge is 0.271 e. The lowest BCUT2D eigenvalue weighted by atomic mass is 10.1. The number of nitro groups is 1. The van der Waals surface area contributed by atoms with E-state index in [2.05, 4.69) is 0 Å². The van der Waals surface area contributed by atoms with E-state index in [9.17, 15) is 14.9 Å². The highest BCUT2D eigenvalue weighted by atomic mass is 35.5. The number of methoxy groups -OCH3 is 1. The van der Waals surface area contributed by atoms with E-state index < -0.39 is 4.92 Å². The van der Waals surface area contributed by atoms with E-state index in [4.69, 9.17) is 37.7 Å². The zero-order valence-corrected chi connectivity index (χ0v) is 23.8. The summed E-state index contributed by atoms with van der Waals surface area (Å²) in [6, 6.07) is 25.5. The van der Waals surface area contributed by atoms with Crippen LogP contribution < -0.4 is 14.4 Å². The van der Waals surface area contributed by atoms with Gasteiger partial charge in [-0.15, -0.1) is 0 Å². The van der Waals surface area contributed by atoms with Crippen LogP contribution in [0.1, 0.15) is 11.1 Å². The van der Waals surface area contributed by atoms with Crippen molar-refractivity contribution < 1.29 is 19.2 Å². The van der Waals surface area contributed by atoms with Crippen LogP contribution in [0, 0.1) is 10.1 Å². The first-order chi connectivity index (χ1) is 19.8. The first-order valence-corrected chi connectivity index (χ1v) is 13.8. The zero-order valence-electron chi connectivity index (χ0n) is 21.5. The molecule has 0 bridgehead atoms. The lowest BCUT2D eigenvalue weighted by Gasteiger charge is -2.15. The van der Waals surface area contributed by atoms with Gasteiger partial charge in [-0.3, -0.25) is 19.8 Å². The number of amides is 1. The van der Waals surface area contributed by atoms with E-state index >= 15 is 0 Å². The van der Waals surface area contributed by atoms with Crippen molar-refractivity contribution in [3.63, 3.8) is 0 Å². The SMILES string of the molecule is COc1cc(/C=C2\SC(=Nc3ccc(Cl)cc3)N(c3ccc(Cl)cc3)C2=O)ccc1OCc1ccc([N+](=O)[O-])cc1. The van der Waals surface area contributed by atoms with Crippen LogP contribution in [0.3, 0.4) is 0 Å². The van der Waals surface area contributed by atoms with Crippen molar-refractivity contribution in [2.24, 2.45) is 4.99 Å². The van der Waals surface area contributed by atoms with Crippen LogP contribution in [0.2, 0.25) is 10.0 Å². The maximum atomic E-state index is 13.6. The Labute approximate surface area is 250 Å². The van der Waals surface area contributed by atoms with Crippen LogP contribution in [-0.4, -0.2) is 23.1 Å². The highest BCUT2D eigenvalue weighted by molar-refractivity contribution is 8.19. The molecule has 1 amide bonds. The maximum Gasteiger partial charge on any atom is 0.271 e. The zero-order chi connectivity index (χ0) is 28.9. The van der Waals surface area contributed by atoms with Crippen LogP contribution in [0.25, 0.3) is 6.08 Å². The molecule has 206 valence electrons. The molecule has 0 N–H and O–H groups in total. The summed E-state index contributed by atoms with van der Waals surface area (Å²) < 4.78 is 11.4. The van der Waals surface area contributed by atoms with E-state index in [1.165, 1.54) is 31.0 Å². The lowest BCUT2D eigenvalue weighted by Crippen LogP contribution is -2.28. The van der Waals surface area contributed by atoms with Gasteiger partial charge in [0.1, 0.15) is 6.61 Å². The van der Waals surface area contributed by atoms with E-state index in [-0.39, 0.29) is 18.2 Å². The second-order valence-corrected chi connectivity index (χ2v) is 10.6. The highest BCUT2D eigenvalue weighted by Crippen LogP contribution is 2.39. The monoisotopic (exact) mass is 605 g/mol. The molecular formula is C30H21Cl2N3O5S. The number of benzene rings is 4. The molecule has 1 aliphatic heterocycles. The van der Waals surface area contributed by atoms with Crippen molar-refractivity contribution in [3.05, 3.63) is 127 Å². The number of carbonyl (C=O) groups is 1. The lowest BCUT2D eigenvalue weighted by molar-refractivity contribution is -0.384. The fourth-order valence-electron chi connectivity index (χ4n) is 3.91. The van der Waals surface area contributed by atoms with E-state index in [1.54, 1.807) is 83.8 Å². The van der Waals surface area contributed by atoms with Gasteiger partial charge in [-0.2, -0.15) is 0 Å². The summed E-state index contributed by atoms with van der Waals surface area (Å²) in [5.41, 5.74) is 2.80. The third-order valence-corrected chi connectivity index (χ3v) is 7.44. The summed E-state index contributed by atoms with van der Waals surface area (Å²) in [5, 5.41) is 12.5. The van der Waals surface area contributed by atoms with Gasteiger partial charge < -0.3 is 9.47 Å². The van der Waals surface area contributed by atoms with Crippen molar-refractivity contribution in [3.8, 4) is 11.5 Å². The second-order valence-electron chi connectivity index (χ2n) is 8.72. The number of amidine groups is 1. The molecule has 0 aromatic heterocycles. The van der Waals surface area contributed by atoms with E-state index in [1.807, 2.05) is 6.07 Å². The average molecular weight is 606 g/mol. The number of rotatable bonds is 8. The Morgan fingerprint density at radius 2 is 1.59 bits per heavy atom. The molecule has 0 saturated carbocycles. The molecule has 0 aliphatic carbocycles. The number of nitro benzene ring substituents is 1. The molecular weight excluding hydrogens is 585 g/mol. The number of carbonyl (C=O) groups excluding carboxylic acids is 1. The quantitative estimate of drug-likeness (QED) is 0.114. The Morgan fingerprint density at radius 3 is 2.22 bits per heavy atom. The molecule has 4 aromatic carbocycles. The third-order valence-electron chi connectivity index (χ3n) is 5.97. The Hall–Kier alpha value is -4.31. The standard InChI is InChI=1S/C30H21Cl2N3O5S/c1-39-27-16-20(4-15-26(27)40-18-19-2-11-25(12-3-19)35(37)38)17-28-29(36)34(24-13-7-22(32)8-14-24)30(41-28)33-23-9-5-21(31)6-10-23/h2-17H,18H2,1H3/b28-17-,33-30?. The average Bonchev–Trinajstić information content (AvgIpc) is 3.27. The van der Waals surface area contributed by atoms with Crippen molar-refractivity contribution in [1.82, 2.24) is 0 Å². The summed E-state index contributed by atoms with van der Waals surface area (Å²) in [6.07, 6.45) is 1.77. The predicted molar refractivity (Wildman–Crippen MR) is 163 cm³/mol. The van der Waals surface area contributed by atoms with Gasteiger partial charge in [0.25, 0.3) is 11.6 Å². The van der Waals surface area contributed by atoms with Gasteiger partial charge in [0.05, 0.1) is 28.3 Å². The van der Waals surface area contributed by atoms with Gasteiger partial charge in [0.15, 0.2) is 16.7 Å². The van der Waals surface area contributed by atoms with Crippen LogP contribution in [0.15, 0.2) is 101 Å². The van der Waals surface area contributed by atoms with Gasteiger partial charge in [0.2, 0.25) is 0 Å². The number of hydrogen-bond acceptors (Lipinski definition) is 7. The van der Waals surface area contributed by atoms with E-state index in [0.29, 0.717) is 43.0 Å². The molecule has 11 heteroatoms. The van der Waals surface area contributed by atoms with Crippen LogP contribution in [0.5, 0.6) is 11.5 Å². The molecule has 4 aromatic rings. The number of aliphatic imine (C=N–C) groups is 1. The fourth-order valence-corrected chi connectivity index (χ4v) is 5.17. The molecule has 1 fully saturated rings. The van der Waals surface area contributed by atoms with Crippen LogP contribution in [0.4, 0.5) is 17.1 Å². The fraction of sp³-hybridized carbons (Fsp3) is 0.0667. The van der Waals surface area contributed by atoms with Crippen molar-refractivity contribution >= 4 is 69.2 Å². The topological polar surface area (TPSA) is 94.3 Å². The Kier molecular flexibility index (Phi) is 8.58. The first-order valence-electron chi connectivity index (χ1n) is 12.2. The molecule has 0 spiro atoms. The minimum atomic E-state index is -0.449. The molecule has 41 heavy (non-hydrogen) atoms. The van der Waals surface area contributed by atoms with Crippen molar-refractivity contribution in [1.29, 1.82) is 0 Å². The third kappa shape index (κ3) is 6.71. The highest BCUT2D eigenvalue weighted by Gasteiger charge is 2.34. The number of nitrogens with zero attached hydrogens (tertiary/aromatic N) is 3. The Morgan fingerprint density at radius 1 is 0.927 bits per heavy atom. The first kappa shape index (κ1) is 28.2. The number of anilines is 1. The predicted octanol–water partition coefficient (Wildman–Crippen LogP) is 8.30. The van der Waals surface area contributed by atoms with Gasteiger partial charge in [-0.25, -0.2) is 4.99 Å². The second kappa shape index (κ2) is 12.5. The minimum absolute atomic E-state index is 0.0130. The van der Waals surface area contributed by atoms with Gasteiger partial charge in [-0.1, -0.05) is 29.3 Å². The minimum Gasteiger partial charge on any atom is -0.493 e. The largest absolute Gasteiger partial charge is 0.493 e. The summed E-state index contributed by atoms with van der Waals surface area (Å²) >= 11 is 13.4. The van der Waals surface area contributed by atoms with Gasteiger partial charge >= 0.3 is 0 Å². The van der Waals surface area contributed by atoms with Gasteiger partial charge in [-0.05, 0) is 102 Å². The molecule has 5 rings (SSSR count). The normalized spacial score (nSPS) is 15.0. The molecule has 8 nitrogen and oxygen atoms in total. The number of non-ortho nitro benzene ring substituents is 1.